The Bertz CT molecular complexity index is 1280. The summed E-state index contributed by atoms with van der Waals surface area (Å²) in [7, 11) is 0. The molecule has 2 heterocycles. The average Bonchev–Trinajstić information content (AvgIpc) is 3.36. The lowest BCUT2D eigenvalue weighted by molar-refractivity contribution is -0.142. The van der Waals surface area contributed by atoms with Crippen LogP contribution in [0.15, 0.2) is 59.3 Å². The van der Waals surface area contributed by atoms with Crippen molar-refractivity contribution in [2.75, 3.05) is 5.32 Å². The van der Waals surface area contributed by atoms with Crippen LogP contribution >= 0.6 is 11.6 Å². The minimum absolute atomic E-state index is 0.0208. The van der Waals surface area contributed by atoms with Crippen molar-refractivity contribution < 1.29 is 26.9 Å². The minimum atomic E-state index is -4.57. The molecule has 0 fully saturated rings. The van der Waals surface area contributed by atoms with Gasteiger partial charge in [0.1, 0.15) is 28.5 Å². The van der Waals surface area contributed by atoms with Crippen molar-refractivity contribution in [3.63, 3.8) is 0 Å². The van der Waals surface area contributed by atoms with Crippen molar-refractivity contribution >= 4 is 23.2 Å². The van der Waals surface area contributed by atoms with E-state index in [9.17, 15) is 22.4 Å². The highest BCUT2D eigenvalue weighted by Gasteiger charge is 2.35. The number of anilines is 1. The van der Waals surface area contributed by atoms with E-state index in [4.69, 9.17) is 16.1 Å². The Morgan fingerprint density at radius 3 is 2.50 bits per heavy atom. The number of hydrogen-bond acceptors (Lipinski definition) is 4. The summed E-state index contributed by atoms with van der Waals surface area (Å²) in [5.74, 6) is -1.19. The van der Waals surface area contributed by atoms with Gasteiger partial charge in [0.2, 0.25) is 0 Å². The van der Waals surface area contributed by atoms with Crippen molar-refractivity contribution in [2.24, 2.45) is 0 Å². The number of rotatable bonds is 4. The summed E-state index contributed by atoms with van der Waals surface area (Å²) in [5.41, 5.74) is -0.657. The summed E-state index contributed by atoms with van der Waals surface area (Å²) in [6, 6.07) is 10.5. The van der Waals surface area contributed by atoms with Crippen LogP contribution in [0.3, 0.4) is 0 Å². The topological polar surface area (TPSA) is 73.0 Å². The predicted octanol–water partition coefficient (Wildman–Crippen LogP) is 5.90. The van der Waals surface area contributed by atoms with Gasteiger partial charge in [-0.3, -0.25) is 4.79 Å². The second kappa shape index (κ2) is 8.12. The maximum absolute atomic E-state index is 14.3. The molecule has 0 atom stereocenters. The number of hydrogen-bond donors (Lipinski definition) is 1. The lowest BCUT2D eigenvalue weighted by atomic mass is 10.0. The first-order chi connectivity index (χ1) is 15.2. The van der Waals surface area contributed by atoms with Gasteiger partial charge in [0, 0.05) is 5.69 Å². The number of carbonyl (C=O) groups is 1. The van der Waals surface area contributed by atoms with Crippen LogP contribution < -0.4 is 5.32 Å². The zero-order chi connectivity index (χ0) is 23.0. The average molecular weight is 465 g/mol. The molecule has 0 bridgehead atoms. The predicted molar refractivity (Wildman–Crippen MR) is 108 cm³/mol. The van der Waals surface area contributed by atoms with Crippen molar-refractivity contribution in [2.45, 2.75) is 13.1 Å². The van der Waals surface area contributed by atoms with E-state index in [-0.39, 0.29) is 39.0 Å². The maximum Gasteiger partial charge on any atom is 0.433 e. The third kappa shape index (κ3) is 3.96. The van der Waals surface area contributed by atoms with Gasteiger partial charge >= 0.3 is 6.18 Å². The van der Waals surface area contributed by atoms with Gasteiger partial charge in [0.05, 0.1) is 22.5 Å². The van der Waals surface area contributed by atoms with Gasteiger partial charge in [0.25, 0.3) is 5.91 Å². The monoisotopic (exact) mass is 464 g/mol. The van der Waals surface area contributed by atoms with Crippen LogP contribution in [0.2, 0.25) is 5.02 Å². The fraction of sp³-hybridized carbons (Fsp3) is 0.0952. The van der Waals surface area contributed by atoms with Gasteiger partial charge in [-0.2, -0.15) is 18.3 Å². The second-order valence-electron chi connectivity index (χ2n) is 6.69. The molecule has 164 valence electrons. The second-order valence-corrected chi connectivity index (χ2v) is 7.09. The number of nitrogens with one attached hydrogen (secondary N) is 1. The van der Waals surface area contributed by atoms with E-state index in [0.29, 0.717) is 0 Å². The van der Waals surface area contributed by atoms with E-state index in [0.717, 1.165) is 16.9 Å². The smallest absolute Gasteiger partial charge is 0.360 e. The first-order valence-corrected chi connectivity index (χ1v) is 9.48. The first kappa shape index (κ1) is 21.6. The molecule has 11 heteroatoms. The third-order valence-corrected chi connectivity index (χ3v) is 4.91. The molecule has 2 aromatic heterocycles. The van der Waals surface area contributed by atoms with Gasteiger partial charge in [-0.15, -0.1) is 0 Å². The molecule has 2 aromatic carbocycles. The van der Waals surface area contributed by atoms with Gasteiger partial charge in [-0.25, -0.2) is 9.07 Å². The third-order valence-electron chi connectivity index (χ3n) is 4.59. The van der Waals surface area contributed by atoms with Crippen molar-refractivity contribution in [3.8, 4) is 16.9 Å². The van der Waals surface area contributed by atoms with Gasteiger partial charge in [-0.05, 0) is 49.4 Å². The van der Waals surface area contributed by atoms with Crippen molar-refractivity contribution in [1.29, 1.82) is 0 Å². The molecule has 0 aliphatic carbocycles. The molecular formula is C21H13ClF4N4O2. The molecule has 0 spiro atoms. The van der Waals surface area contributed by atoms with E-state index in [1.807, 2.05) is 0 Å². The highest BCUT2D eigenvalue weighted by molar-refractivity contribution is 6.33. The Balaban J connectivity index is 1.62. The largest absolute Gasteiger partial charge is 0.433 e. The van der Waals surface area contributed by atoms with Gasteiger partial charge in [0.15, 0.2) is 0 Å². The Hall–Kier alpha value is -3.66. The zero-order valence-corrected chi connectivity index (χ0v) is 17.0. The maximum atomic E-state index is 14.3. The van der Waals surface area contributed by atoms with Crippen LogP contribution in [0.4, 0.5) is 23.2 Å². The standard InChI is InChI=1S/C21H13ClF4N4O2/c1-11-17(19(29-32-11)18-14(22)3-2-4-15(18)23)20(31)28-12-5-7-13(8-6-12)30-16(9-10-27-30)21(24,25)26/h2-10H,1H3,(H,28,31). The molecular weight excluding hydrogens is 452 g/mol. The summed E-state index contributed by atoms with van der Waals surface area (Å²) >= 11 is 6.08. The number of aryl methyl sites for hydroxylation is 1. The number of nitrogens with zero attached hydrogens (tertiary/aromatic N) is 3. The lowest BCUT2D eigenvalue weighted by Crippen LogP contribution is -2.15. The molecule has 4 aromatic rings. The molecule has 0 saturated heterocycles. The number of aromatic nitrogens is 3. The molecule has 0 unspecified atom stereocenters. The Kier molecular flexibility index (Phi) is 5.47. The zero-order valence-electron chi connectivity index (χ0n) is 16.2. The summed E-state index contributed by atoms with van der Waals surface area (Å²) in [4.78, 5) is 12.9. The Morgan fingerprint density at radius 2 is 1.84 bits per heavy atom. The van der Waals surface area contributed by atoms with Crippen LogP contribution in [-0.2, 0) is 6.18 Å². The van der Waals surface area contributed by atoms with E-state index in [1.165, 1.54) is 49.4 Å². The number of carbonyl (C=O) groups excluding carboxylic acids is 1. The van der Waals surface area contributed by atoms with Crippen molar-refractivity contribution in [3.05, 3.63) is 82.6 Å². The number of amides is 1. The molecule has 4 rings (SSSR count). The highest BCUT2D eigenvalue weighted by Crippen LogP contribution is 2.34. The summed E-state index contributed by atoms with van der Waals surface area (Å²) in [6.07, 6.45) is -3.53. The summed E-state index contributed by atoms with van der Waals surface area (Å²) in [6.45, 7) is 1.49. The van der Waals surface area contributed by atoms with E-state index in [2.05, 4.69) is 15.6 Å². The molecule has 0 aliphatic heterocycles. The van der Waals surface area contributed by atoms with Crippen LogP contribution in [0.25, 0.3) is 16.9 Å². The Morgan fingerprint density at radius 1 is 1.12 bits per heavy atom. The van der Waals surface area contributed by atoms with Crippen LogP contribution in [0.1, 0.15) is 21.8 Å². The molecule has 1 N–H and O–H groups in total. The number of alkyl halides is 3. The van der Waals surface area contributed by atoms with Crippen LogP contribution in [0, 0.1) is 12.7 Å². The fourth-order valence-electron chi connectivity index (χ4n) is 3.14. The van der Waals surface area contributed by atoms with Crippen LogP contribution in [-0.4, -0.2) is 20.8 Å². The number of halogens is 5. The number of benzene rings is 2. The lowest BCUT2D eigenvalue weighted by Gasteiger charge is -2.11. The molecule has 1 amide bonds. The minimum Gasteiger partial charge on any atom is -0.360 e. The fourth-order valence-corrected chi connectivity index (χ4v) is 3.39. The normalized spacial score (nSPS) is 11.6. The SMILES string of the molecule is Cc1onc(-c2c(F)cccc2Cl)c1C(=O)Nc1ccc(-n2nccc2C(F)(F)F)cc1. The molecule has 0 radical (unpaired) electrons. The van der Waals surface area contributed by atoms with E-state index in [1.54, 1.807) is 0 Å². The summed E-state index contributed by atoms with van der Waals surface area (Å²) < 4.78 is 59.4. The van der Waals surface area contributed by atoms with E-state index < -0.39 is 23.6 Å². The van der Waals surface area contributed by atoms with Crippen molar-refractivity contribution in [1.82, 2.24) is 14.9 Å². The molecule has 6 nitrogen and oxygen atoms in total. The van der Waals surface area contributed by atoms with E-state index >= 15 is 0 Å². The first-order valence-electron chi connectivity index (χ1n) is 9.10. The highest BCUT2D eigenvalue weighted by atomic mass is 35.5. The van der Waals surface area contributed by atoms with Crippen LogP contribution in [0.5, 0.6) is 0 Å². The van der Waals surface area contributed by atoms with Gasteiger partial charge in [-0.1, -0.05) is 22.8 Å². The quantitative estimate of drug-likeness (QED) is 0.382. The Labute approximate surface area is 183 Å². The summed E-state index contributed by atoms with van der Waals surface area (Å²) in [5, 5.41) is 10.1. The van der Waals surface area contributed by atoms with Gasteiger partial charge < -0.3 is 9.84 Å². The molecule has 0 saturated carbocycles. The molecule has 32 heavy (non-hydrogen) atoms. The molecule has 0 aliphatic rings.